The molecule has 10 heavy (non-hydrogen) atoms. The summed E-state index contributed by atoms with van der Waals surface area (Å²) in [5.41, 5.74) is 4.78. The second-order valence-electron chi connectivity index (χ2n) is 2.19. The molecule has 0 saturated heterocycles. The number of hydrogen-bond acceptors (Lipinski definition) is 2. The SMILES string of the molecule is CCCC(O)CNC(N)=O. The smallest absolute Gasteiger partial charge is 0.312 e. The zero-order chi connectivity index (χ0) is 7.98. The third kappa shape index (κ3) is 5.37. The van der Waals surface area contributed by atoms with Crippen LogP contribution in [0.2, 0.25) is 0 Å². The molecular weight excluding hydrogens is 132 g/mol. The predicted octanol–water partition coefficient (Wildman–Crippen LogP) is -0.184. The van der Waals surface area contributed by atoms with Crippen molar-refractivity contribution in [1.82, 2.24) is 5.32 Å². The van der Waals surface area contributed by atoms with Crippen molar-refractivity contribution < 1.29 is 9.90 Å². The summed E-state index contributed by atoms with van der Waals surface area (Å²) in [6, 6.07) is -0.588. The van der Waals surface area contributed by atoms with Crippen LogP contribution in [0.3, 0.4) is 0 Å². The molecule has 0 aromatic rings. The first-order valence-corrected chi connectivity index (χ1v) is 3.38. The van der Waals surface area contributed by atoms with E-state index in [1.54, 1.807) is 0 Å². The number of urea groups is 1. The molecule has 0 fully saturated rings. The van der Waals surface area contributed by atoms with Crippen molar-refractivity contribution in [2.75, 3.05) is 6.54 Å². The summed E-state index contributed by atoms with van der Waals surface area (Å²) in [6.07, 6.45) is 1.14. The average Bonchev–Trinajstić information content (AvgIpc) is 1.85. The van der Waals surface area contributed by atoms with Crippen molar-refractivity contribution >= 4 is 6.03 Å². The molecule has 0 aliphatic heterocycles. The third-order valence-electron chi connectivity index (χ3n) is 1.13. The highest BCUT2D eigenvalue weighted by molar-refractivity contribution is 5.71. The molecule has 0 aliphatic rings. The van der Waals surface area contributed by atoms with Crippen LogP contribution in [0.4, 0.5) is 4.79 Å². The van der Waals surface area contributed by atoms with E-state index in [-0.39, 0.29) is 6.54 Å². The Morgan fingerprint density at radius 1 is 1.80 bits per heavy atom. The van der Waals surface area contributed by atoms with Gasteiger partial charge in [-0.1, -0.05) is 13.3 Å². The van der Waals surface area contributed by atoms with Gasteiger partial charge < -0.3 is 16.2 Å². The van der Waals surface area contributed by atoms with Crippen LogP contribution in [0, 0.1) is 0 Å². The van der Waals surface area contributed by atoms with Crippen molar-refractivity contribution in [3.8, 4) is 0 Å². The monoisotopic (exact) mass is 146 g/mol. The first kappa shape index (κ1) is 9.23. The number of aliphatic hydroxyl groups is 1. The topological polar surface area (TPSA) is 75.3 Å². The molecule has 0 aromatic heterocycles. The number of carbonyl (C=O) groups is 1. The fraction of sp³-hybridized carbons (Fsp3) is 0.833. The Kier molecular flexibility index (Phi) is 4.66. The fourth-order valence-corrected chi connectivity index (χ4v) is 0.654. The molecule has 1 unspecified atom stereocenters. The number of carbonyl (C=O) groups excluding carboxylic acids is 1. The summed E-state index contributed by atoms with van der Waals surface area (Å²) in [4.78, 5) is 10.1. The van der Waals surface area contributed by atoms with Gasteiger partial charge in [0.1, 0.15) is 0 Å². The van der Waals surface area contributed by atoms with E-state index in [4.69, 9.17) is 10.8 Å². The number of amides is 2. The van der Waals surface area contributed by atoms with Crippen molar-refractivity contribution in [3.05, 3.63) is 0 Å². The van der Waals surface area contributed by atoms with Gasteiger partial charge in [0.2, 0.25) is 0 Å². The molecule has 0 radical (unpaired) electrons. The molecule has 0 spiro atoms. The van der Waals surface area contributed by atoms with Crippen molar-refractivity contribution in [3.63, 3.8) is 0 Å². The number of primary amides is 1. The van der Waals surface area contributed by atoms with Gasteiger partial charge in [0, 0.05) is 6.54 Å². The van der Waals surface area contributed by atoms with Crippen molar-refractivity contribution in [2.24, 2.45) is 5.73 Å². The quantitative estimate of drug-likeness (QED) is 0.514. The van der Waals surface area contributed by atoms with E-state index in [1.807, 2.05) is 6.92 Å². The summed E-state index contributed by atoms with van der Waals surface area (Å²) in [6.45, 7) is 2.22. The van der Waals surface area contributed by atoms with Crippen molar-refractivity contribution in [2.45, 2.75) is 25.9 Å². The lowest BCUT2D eigenvalue weighted by Crippen LogP contribution is -2.35. The van der Waals surface area contributed by atoms with E-state index < -0.39 is 12.1 Å². The second kappa shape index (κ2) is 5.05. The van der Waals surface area contributed by atoms with Crippen LogP contribution in [0.15, 0.2) is 0 Å². The maximum absolute atomic E-state index is 10.1. The maximum Gasteiger partial charge on any atom is 0.312 e. The Hall–Kier alpha value is -0.770. The van der Waals surface area contributed by atoms with Gasteiger partial charge in [-0.15, -0.1) is 0 Å². The van der Waals surface area contributed by atoms with Crippen molar-refractivity contribution in [1.29, 1.82) is 0 Å². The normalized spacial score (nSPS) is 12.6. The minimum absolute atomic E-state index is 0.253. The largest absolute Gasteiger partial charge is 0.391 e. The Morgan fingerprint density at radius 3 is 2.80 bits per heavy atom. The zero-order valence-electron chi connectivity index (χ0n) is 6.13. The number of hydrogen-bond donors (Lipinski definition) is 3. The van der Waals surface area contributed by atoms with E-state index >= 15 is 0 Å². The fourth-order valence-electron chi connectivity index (χ4n) is 0.654. The van der Waals surface area contributed by atoms with E-state index in [2.05, 4.69) is 5.32 Å². The summed E-state index contributed by atoms with van der Waals surface area (Å²) in [5, 5.41) is 11.3. The van der Waals surface area contributed by atoms with Gasteiger partial charge in [-0.25, -0.2) is 4.79 Å². The summed E-state index contributed by atoms with van der Waals surface area (Å²) in [7, 11) is 0. The molecular formula is C6H14N2O2. The minimum atomic E-state index is -0.588. The van der Waals surface area contributed by atoms with Crippen LogP contribution in [0.5, 0.6) is 0 Å². The van der Waals surface area contributed by atoms with Crippen LogP contribution in [0.25, 0.3) is 0 Å². The van der Waals surface area contributed by atoms with Crippen LogP contribution in [0.1, 0.15) is 19.8 Å². The molecule has 1 atom stereocenters. The molecule has 2 amide bonds. The molecule has 4 N–H and O–H groups in total. The lowest BCUT2D eigenvalue weighted by atomic mass is 10.2. The third-order valence-corrected chi connectivity index (χ3v) is 1.13. The maximum atomic E-state index is 10.1. The Balaban J connectivity index is 3.21. The van der Waals surface area contributed by atoms with E-state index in [1.165, 1.54) is 0 Å². The average molecular weight is 146 g/mol. The van der Waals surface area contributed by atoms with Gasteiger partial charge in [0.25, 0.3) is 0 Å². The Morgan fingerprint density at radius 2 is 2.40 bits per heavy atom. The van der Waals surface area contributed by atoms with Gasteiger partial charge in [-0.2, -0.15) is 0 Å². The number of aliphatic hydroxyl groups excluding tert-OH is 1. The van der Waals surface area contributed by atoms with E-state index in [9.17, 15) is 4.79 Å². The van der Waals surface area contributed by atoms with Gasteiger partial charge in [-0.3, -0.25) is 0 Å². The Labute approximate surface area is 60.4 Å². The highest BCUT2D eigenvalue weighted by Gasteiger charge is 2.01. The summed E-state index contributed by atoms with van der Waals surface area (Å²) < 4.78 is 0. The van der Waals surface area contributed by atoms with Crippen LogP contribution < -0.4 is 11.1 Å². The molecule has 0 aliphatic carbocycles. The molecule has 60 valence electrons. The zero-order valence-corrected chi connectivity index (χ0v) is 6.13. The van der Waals surface area contributed by atoms with Gasteiger partial charge >= 0.3 is 6.03 Å². The molecule has 0 saturated carbocycles. The minimum Gasteiger partial charge on any atom is -0.391 e. The first-order chi connectivity index (χ1) is 4.66. The van der Waals surface area contributed by atoms with Crippen LogP contribution >= 0.6 is 0 Å². The molecule has 0 bridgehead atoms. The number of nitrogens with two attached hydrogens (primary N) is 1. The molecule has 0 heterocycles. The highest BCUT2D eigenvalue weighted by Crippen LogP contribution is 1.92. The standard InChI is InChI=1S/C6H14N2O2/c1-2-3-5(9)4-8-6(7)10/h5,9H,2-4H2,1H3,(H3,7,8,10). The van der Waals surface area contributed by atoms with E-state index in [0.717, 1.165) is 6.42 Å². The summed E-state index contributed by atoms with van der Waals surface area (Å²) in [5.74, 6) is 0. The molecule has 4 nitrogen and oxygen atoms in total. The van der Waals surface area contributed by atoms with Crippen LogP contribution in [-0.2, 0) is 0 Å². The van der Waals surface area contributed by atoms with Gasteiger partial charge in [0.15, 0.2) is 0 Å². The van der Waals surface area contributed by atoms with Gasteiger partial charge in [-0.05, 0) is 6.42 Å². The summed E-state index contributed by atoms with van der Waals surface area (Å²) >= 11 is 0. The van der Waals surface area contributed by atoms with Crippen LogP contribution in [-0.4, -0.2) is 23.8 Å². The second-order valence-corrected chi connectivity index (χ2v) is 2.19. The number of nitrogens with one attached hydrogen (secondary N) is 1. The van der Waals surface area contributed by atoms with E-state index in [0.29, 0.717) is 6.42 Å². The lowest BCUT2D eigenvalue weighted by molar-refractivity contribution is 0.161. The lowest BCUT2D eigenvalue weighted by Gasteiger charge is -2.07. The Bertz CT molecular complexity index is 106. The van der Waals surface area contributed by atoms with Gasteiger partial charge in [0.05, 0.1) is 6.10 Å². The predicted molar refractivity (Wildman–Crippen MR) is 38.5 cm³/mol. The molecule has 0 rings (SSSR count). The molecule has 4 heteroatoms. The highest BCUT2D eigenvalue weighted by atomic mass is 16.3. The first-order valence-electron chi connectivity index (χ1n) is 3.38. The number of rotatable bonds is 4. The molecule has 0 aromatic carbocycles.